The first-order valence-electron chi connectivity index (χ1n) is 10.9. The minimum atomic E-state index is -0.677. The average molecular weight is 442 g/mol. The maximum absolute atomic E-state index is 12.8. The number of anilines is 1. The maximum atomic E-state index is 12.8. The van der Waals surface area contributed by atoms with Crippen molar-refractivity contribution in [2.75, 3.05) is 18.5 Å². The molecule has 1 aromatic carbocycles. The lowest BCUT2D eigenvalue weighted by Gasteiger charge is -2.43. The van der Waals surface area contributed by atoms with Gasteiger partial charge in [0.25, 0.3) is 5.91 Å². The Kier molecular flexibility index (Phi) is 5.01. The van der Waals surface area contributed by atoms with E-state index in [0.29, 0.717) is 36.9 Å². The van der Waals surface area contributed by atoms with Crippen LogP contribution in [0.4, 0.5) is 5.13 Å². The number of aromatic nitrogens is 1. The average Bonchev–Trinajstić information content (AvgIpc) is 3.25. The van der Waals surface area contributed by atoms with Crippen LogP contribution < -0.4 is 10.6 Å². The quantitative estimate of drug-likeness (QED) is 0.609. The van der Waals surface area contributed by atoms with Crippen molar-refractivity contribution >= 4 is 28.3 Å². The number of ether oxygens (including phenoxy) is 2. The summed E-state index contributed by atoms with van der Waals surface area (Å²) in [6.45, 7) is 4.37. The number of thiazole rings is 1. The van der Waals surface area contributed by atoms with Gasteiger partial charge in [-0.05, 0) is 45.1 Å². The predicted molar refractivity (Wildman–Crippen MR) is 117 cm³/mol. The number of hydrogen-bond acceptors (Lipinski definition) is 7. The standard InChI is InChI=1S/C23H27N3O4S/c1-3-29-20(28)23-11-22(12-23,30-18(23)15-7-5-4-6-8-15)13-24-19(27)17-14(2)25-21(31-17)26-16-9-10-16/h4-8,16,18H,3,9-13H2,1-2H3,(H,24,27)(H,25,26). The second-order valence-electron chi connectivity index (χ2n) is 8.86. The van der Waals surface area contributed by atoms with E-state index in [4.69, 9.17) is 9.47 Å². The molecule has 4 fully saturated rings. The first-order chi connectivity index (χ1) is 14.9. The molecule has 1 unspecified atom stereocenters. The highest BCUT2D eigenvalue weighted by Gasteiger charge is 2.72. The fourth-order valence-corrected chi connectivity index (χ4v) is 5.79. The van der Waals surface area contributed by atoms with Gasteiger partial charge in [0.15, 0.2) is 5.13 Å². The van der Waals surface area contributed by atoms with Gasteiger partial charge in [-0.25, -0.2) is 4.98 Å². The van der Waals surface area contributed by atoms with E-state index in [1.807, 2.05) is 44.2 Å². The van der Waals surface area contributed by atoms with E-state index in [1.165, 1.54) is 11.3 Å². The fourth-order valence-electron chi connectivity index (χ4n) is 4.83. The molecule has 1 atom stereocenters. The number of fused-ring (bicyclic) bond motifs is 1. The number of hydrogen-bond donors (Lipinski definition) is 2. The molecule has 4 aliphatic rings. The number of rotatable bonds is 8. The van der Waals surface area contributed by atoms with Crippen LogP contribution in [0.3, 0.4) is 0 Å². The van der Waals surface area contributed by atoms with E-state index >= 15 is 0 Å². The molecule has 1 amide bonds. The SMILES string of the molecule is CCOC(=O)C12CC(CNC(=O)c3sc(NC4CC4)nc3C)(C1)OC2c1ccccc1. The highest BCUT2D eigenvalue weighted by Crippen LogP contribution is 2.67. The van der Waals surface area contributed by atoms with Gasteiger partial charge in [0.1, 0.15) is 10.3 Å². The summed E-state index contributed by atoms with van der Waals surface area (Å²) in [7, 11) is 0. The molecule has 2 N–H and O–H groups in total. The van der Waals surface area contributed by atoms with Crippen molar-refractivity contribution in [1.82, 2.24) is 10.3 Å². The zero-order valence-electron chi connectivity index (χ0n) is 17.8. The third kappa shape index (κ3) is 3.61. The molecule has 1 aromatic heterocycles. The van der Waals surface area contributed by atoms with Crippen molar-refractivity contribution in [2.45, 2.75) is 57.3 Å². The molecule has 6 rings (SSSR count). The van der Waals surface area contributed by atoms with Crippen molar-refractivity contribution in [3.05, 3.63) is 46.5 Å². The van der Waals surface area contributed by atoms with Gasteiger partial charge in [0.2, 0.25) is 0 Å². The van der Waals surface area contributed by atoms with Gasteiger partial charge in [-0.3, -0.25) is 9.59 Å². The van der Waals surface area contributed by atoms with E-state index in [0.717, 1.165) is 29.2 Å². The van der Waals surface area contributed by atoms with Crippen LogP contribution in [0.5, 0.6) is 0 Å². The van der Waals surface area contributed by atoms with E-state index in [9.17, 15) is 9.59 Å². The Hall–Kier alpha value is -2.45. The lowest BCUT2D eigenvalue weighted by Crippen LogP contribution is -2.55. The van der Waals surface area contributed by atoms with Crippen molar-refractivity contribution < 1.29 is 19.1 Å². The van der Waals surface area contributed by atoms with Crippen molar-refractivity contribution in [2.24, 2.45) is 5.41 Å². The van der Waals surface area contributed by atoms with Crippen LogP contribution in [0.2, 0.25) is 0 Å². The summed E-state index contributed by atoms with van der Waals surface area (Å²) in [5, 5.41) is 7.18. The summed E-state index contributed by atoms with van der Waals surface area (Å²) >= 11 is 1.39. The fraction of sp³-hybridized carbons (Fsp3) is 0.522. The van der Waals surface area contributed by atoms with Crippen molar-refractivity contribution in [1.29, 1.82) is 0 Å². The van der Waals surface area contributed by atoms with Gasteiger partial charge in [-0.1, -0.05) is 41.7 Å². The zero-order chi connectivity index (χ0) is 21.6. The first-order valence-corrected chi connectivity index (χ1v) is 11.7. The summed E-state index contributed by atoms with van der Waals surface area (Å²) in [5.74, 6) is -0.356. The second kappa shape index (κ2) is 7.60. The van der Waals surface area contributed by atoms with Gasteiger partial charge in [0.05, 0.1) is 24.0 Å². The Bertz CT molecular complexity index is 996. The molecule has 2 saturated heterocycles. The maximum Gasteiger partial charge on any atom is 0.315 e. The third-order valence-electron chi connectivity index (χ3n) is 6.41. The van der Waals surface area contributed by atoms with E-state index in [1.54, 1.807) is 0 Å². The van der Waals surface area contributed by atoms with E-state index < -0.39 is 11.0 Å². The van der Waals surface area contributed by atoms with Gasteiger partial charge in [0, 0.05) is 12.6 Å². The van der Waals surface area contributed by atoms with Gasteiger partial charge in [-0.15, -0.1) is 0 Å². The molecule has 8 heteroatoms. The van der Waals surface area contributed by atoms with Crippen LogP contribution in [0.1, 0.15) is 59.6 Å². The number of carbonyl (C=O) groups is 2. The summed E-state index contributed by atoms with van der Waals surface area (Å²) in [4.78, 5) is 30.8. The Balaban J connectivity index is 1.29. The summed E-state index contributed by atoms with van der Waals surface area (Å²) < 4.78 is 11.8. The Morgan fingerprint density at radius 2 is 2.00 bits per heavy atom. The number of carbonyl (C=O) groups excluding carboxylic acids is 2. The lowest BCUT2D eigenvalue weighted by molar-refractivity contribution is -0.161. The van der Waals surface area contributed by atoms with E-state index in [2.05, 4.69) is 15.6 Å². The molecule has 3 heterocycles. The number of benzene rings is 1. The number of amides is 1. The minimum Gasteiger partial charge on any atom is -0.465 e. The molecule has 164 valence electrons. The van der Waals surface area contributed by atoms with Gasteiger partial charge in [-0.2, -0.15) is 0 Å². The number of esters is 1. The highest BCUT2D eigenvalue weighted by molar-refractivity contribution is 7.17. The predicted octanol–water partition coefficient (Wildman–Crippen LogP) is 3.61. The number of nitrogens with one attached hydrogen (secondary N) is 2. The molecule has 2 bridgehead atoms. The Morgan fingerprint density at radius 1 is 1.26 bits per heavy atom. The summed E-state index contributed by atoms with van der Waals surface area (Å²) in [6, 6.07) is 10.3. The van der Waals surface area contributed by atoms with Crippen LogP contribution >= 0.6 is 11.3 Å². The van der Waals surface area contributed by atoms with Crippen molar-refractivity contribution in [3.8, 4) is 0 Å². The second-order valence-corrected chi connectivity index (χ2v) is 9.86. The summed E-state index contributed by atoms with van der Waals surface area (Å²) in [5.41, 5.74) is 0.475. The van der Waals surface area contributed by atoms with E-state index in [-0.39, 0.29) is 18.0 Å². The molecule has 2 aromatic rings. The zero-order valence-corrected chi connectivity index (χ0v) is 18.6. The normalized spacial score (nSPS) is 28.6. The number of nitrogens with zero attached hydrogens (tertiary/aromatic N) is 1. The summed E-state index contributed by atoms with van der Waals surface area (Å²) in [6.07, 6.45) is 3.06. The molecule has 2 saturated carbocycles. The third-order valence-corrected chi connectivity index (χ3v) is 7.50. The van der Waals surface area contributed by atoms with Gasteiger partial charge < -0.3 is 20.1 Å². The van der Waals surface area contributed by atoms with Crippen LogP contribution in [0.25, 0.3) is 0 Å². The molecule has 7 nitrogen and oxygen atoms in total. The lowest BCUT2D eigenvalue weighted by atomic mass is 9.59. The topological polar surface area (TPSA) is 89.5 Å². The molecular weight excluding hydrogens is 414 g/mol. The van der Waals surface area contributed by atoms with Crippen LogP contribution in [-0.4, -0.2) is 41.7 Å². The molecule has 31 heavy (non-hydrogen) atoms. The van der Waals surface area contributed by atoms with Crippen molar-refractivity contribution in [3.63, 3.8) is 0 Å². The molecule has 0 radical (unpaired) electrons. The smallest absolute Gasteiger partial charge is 0.315 e. The minimum absolute atomic E-state index is 0.145. The number of aryl methyl sites for hydroxylation is 1. The van der Waals surface area contributed by atoms with Crippen LogP contribution in [0, 0.1) is 12.3 Å². The highest BCUT2D eigenvalue weighted by atomic mass is 32.1. The van der Waals surface area contributed by atoms with Crippen LogP contribution in [0.15, 0.2) is 30.3 Å². The molecule has 2 aliphatic heterocycles. The molecule has 2 aliphatic carbocycles. The first kappa shape index (κ1) is 20.5. The van der Waals surface area contributed by atoms with Crippen LogP contribution in [-0.2, 0) is 14.3 Å². The molecular formula is C23H27N3O4S. The monoisotopic (exact) mass is 441 g/mol. The Morgan fingerprint density at radius 3 is 2.68 bits per heavy atom. The van der Waals surface area contributed by atoms with Gasteiger partial charge >= 0.3 is 5.97 Å². The largest absolute Gasteiger partial charge is 0.465 e. The Labute approximate surface area is 185 Å². The molecule has 0 spiro atoms.